The summed E-state index contributed by atoms with van der Waals surface area (Å²) in [5, 5.41) is 12.3. The molecule has 0 saturated carbocycles. The van der Waals surface area contributed by atoms with Gasteiger partial charge in [-0.15, -0.1) is 0 Å². The number of nitrogens with zero attached hydrogens (tertiary/aromatic N) is 1. The van der Waals surface area contributed by atoms with Crippen molar-refractivity contribution >= 4 is 11.8 Å². The lowest BCUT2D eigenvalue weighted by molar-refractivity contribution is 0.0902. The molecular formula is C29H31N3O4. The maximum absolute atomic E-state index is 13.0. The maximum Gasteiger partial charge on any atom is 0.251 e. The van der Waals surface area contributed by atoms with Gasteiger partial charge < -0.3 is 25.8 Å². The number of fused-ring (bicyclic) bond motifs is 3. The van der Waals surface area contributed by atoms with Gasteiger partial charge in [-0.3, -0.25) is 9.59 Å². The number of primary amides is 1. The molecular weight excluding hydrogens is 454 g/mol. The molecule has 2 amide bonds. The van der Waals surface area contributed by atoms with E-state index in [2.05, 4.69) is 16.3 Å². The standard InChI is InChI=1S/C29H31N3O4/c1-36-23-4-2-3-18(14-23)20-15-25-24-6-5-19(13-21(24)17-26(25)27(16-20)28(30)34)29(35)31-22-7-9-32(10-8-22)11-12-33/h2-6,13-16,22,33H,7-12,17H2,1H3,(H2,30,34)(H,31,35). The summed E-state index contributed by atoms with van der Waals surface area (Å²) in [6.07, 6.45) is 2.30. The highest BCUT2D eigenvalue weighted by Gasteiger charge is 2.26. The minimum absolute atomic E-state index is 0.0819. The molecule has 1 heterocycles. The number of β-amino-alcohol motifs (C(OH)–C–C–N with tert-alkyl or cyclic N) is 1. The fraction of sp³-hybridized carbons (Fsp3) is 0.310. The van der Waals surface area contributed by atoms with Crippen LogP contribution in [0.3, 0.4) is 0 Å². The van der Waals surface area contributed by atoms with Gasteiger partial charge in [-0.2, -0.15) is 0 Å². The molecule has 0 radical (unpaired) electrons. The molecule has 186 valence electrons. The van der Waals surface area contributed by atoms with Crippen LogP contribution >= 0.6 is 0 Å². The normalized spacial score (nSPS) is 15.3. The molecule has 0 spiro atoms. The molecule has 1 fully saturated rings. The highest BCUT2D eigenvalue weighted by Crippen LogP contribution is 2.41. The zero-order valence-electron chi connectivity index (χ0n) is 20.4. The van der Waals surface area contributed by atoms with E-state index in [1.807, 2.05) is 48.5 Å². The molecule has 0 unspecified atom stereocenters. The fourth-order valence-electron chi connectivity index (χ4n) is 5.34. The number of benzene rings is 3. The van der Waals surface area contributed by atoms with Crippen molar-refractivity contribution in [2.24, 2.45) is 5.73 Å². The second-order valence-electron chi connectivity index (χ2n) is 9.51. The van der Waals surface area contributed by atoms with Crippen molar-refractivity contribution in [3.63, 3.8) is 0 Å². The van der Waals surface area contributed by atoms with Crippen molar-refractivity contribution in [3.8, 4) is 28.0 Å². The molecule has 3 aromatic rings. The Hall–Kier alpha value is -3.68. The van der Waals surface area contributed by atoms with E-state index in [1.165, 1.54) is 0 Å². The van der Waals surface area contributed by atoms with Gasteiger partial charge in [-0.1, -0.05) is 18.2 Å². The highest BCUT2D eigenvalue weighted by atomic mass is 16.5. The average Bonchev–Trinajstić information content (AvgIpc) is 3.27. The van der Waals surface area contributed by atoms with Crippen LogP contribution in [-0.4, -0.2) is 61.2 Å². The highest BCUT2D eigenvalue weighted by molar-refractivity contribution is 6.01. The molecule has 3 aromatic carbocycles. The monoisotopic (exact) mass is 485 g/mol. The number of methoxy groups -OCH3 is 1. The van der Waals surface area contributed by atoms with E-state index in [9.17, 15) is 9.59 Å². The summed E-state index contributed by atoms with van der Waals surface area (Å²) in [4.78, 5) is 27.6. The third-order valence-corrected chi connectivity index (χ3v) is 7.28. The Kier molecular flexibility index (Phi) is 6.76. The molecule has 0 bridgehead atoms. The molecule has 2 aliphatic rings. The minimum Gasteiger partial charge on any atom is -0.497 e. The van der Waals surface area contributed by atoms with Crippen molar-refractivity contribution in [2.75, 3.05) is 33.4 Å². The SMILES string of the molecule is COc1cccc(-c2cc(C(N)=O)c3c(c2)-c2ccc(C(=O)NC4CCN(CCO)CC4)cc2C3)c1. The Labute approximate surface area is 210 Å². The van der Waals surface area contributed by atoms with E-state index < -0.39 is 5.91 Å². The summed E-state index contributed by atoms with van der Waals surface area (Å²) >= 11 is 0. The molecule has 7 nitrogen and oxygen atoms in total. The van der Waals surface area contributed by atoms with Crippen molar-refractivity contribution in [3.05, 3.63) is 76.9 Å². The van der Waals surface area contributed by atoms with Crippen LogP contribution in [0.4, 0.5) is 0 Å². The number of ether oxygens (including phenoxy) is 1. The van der Waals surface area contributed by atoms with Crippen molar-refractivity contribution in [1.82, 2.24) is 10.2 Å². The topological polar surface area (TPSA) is 105 Å². The van der Waals surface area contributed by atoms with Gasteiger partial charge in [0.15, 0.2) is 0 Å². The second kappa shape index (κ2) is 10.1. The number of rotatable bonds is 7. The van der Waals surface area contributed by atoms with Gasteiger partial charge in [0.2, 0.25) is 5.91 Å². The number of nitrogens with one attached hydrogen (secondary N) is 1. The van der Waals surface area contributed by atoms with Crippen LogP contribution in [0, 0.1) is 0 Å². The quantitative estimate of drug-likeness (QED) is 0.373. The number of nitrogens with two attached hydrogens (primary N) is 1. The van der Waals surface area contributed by atoms with E-state index >= 15 is 0 Å². The lowest BCUT2D eigenvalue weighted by atomic mass is 9.94. The first-order chi connectivity index (χ1) is 17.5. The number of hydrogen-bond acceptors (Lipinski definition) is 5. The minimum atomic E-state index is -0.464. The predicted molar refractivity (Wildman–Crippen MR) is 139 cm³/mol. The Bertz CT molecular complexity index is 1310. The van der Waals surface area contributed by atoms with Gasteiger partial charge in [0, 0.05) is 36.8 Å². The number of aliphatic hydroxyl groups excluding tert-OH is 1. The largest absolute Gasteiger partial charge is 0.497 e. The van der Waals surface area contributed by atoms with Crippen molar-refractivity contribution < 1.29 is 19.4 Å². The Morgan fingerprint density at radius 1 is 1.06 bits per heavy atom. The second-order valence-corrected chi connectivity index (χ2v) is 9.51. The van der Waals surface area contributed by atoms with E-state index in [0.717, 1.165) is 65.1 Å². The van der Waals surface area contributed by atoms with Gasteiger partial charge in [-0.25, -0.2) is 0 Å². The van der Waals surface area contributed by atoms with Crippen LogP contribution < -0.4 is 15.8 Å². The summed E-state index contributed by atoms with van der Waals surface area (Å²) in [6.45, 7) is 2.58. The maximum atomic E-state index is 13.0. The van der Waals surface area contributed by atoms with E-state index in [-0.39, 0.29) is 18.6 Å². The molecule has 36 heavy (non-hydrogen) atoms. The third-order valence-electron chi connectivity index (χ3n) is 7.28. The molecule has 7 heteroatoms. The zero-order valence-corrected chi connectivity index (χ0v) is 20.4. The molecule has 1 aliphatic carbocycles. The summed E-state index contributed by atoms with van der Waals surface area (Å²) in [6, 6.07) is 17.5. The van der Waals surface area contributed by atoms with Crippen LogP contribution in [0.1, 0.15) is 44.7 Å². The van der Waals surface area contributed by atoms with Gasteiger partial charge in [-0.05, 0) is 89.0 Å². The van der Waals surface area contributed by atoms with Crippen LogP contribution in [0.15, 0.2) is 54.6 Å². The molecule has 0 atom stereocenters. The summed E-state index contributed by atoms with van der Waals surface area (Å²) in [7, 11) is 1.63. The van der Waals surface area contributed by atoms with Gasteiger partial charge in [0.05, 0.1) is 13.7 Å². The number of amides is 2. The van der Waals surface area contributed by atoms with E-state index in [1.54, 1.807) is 7.11 Å². The smallest absolute Gasteiger partial charge is 0.251 e. The summed E-state index contributed by atoms with van der Waals surface area (Å²) < 4.78 is 5.37. The number of likely N-dealkylation sites (tertiary alicyclic amines) is 1. The zero-order chi connectivity index (χ0) is 25.2. The van der Waals surface area contributed by atoms with Crippen LogP contribution in [0.2, 0.25) is 0 Å². The molecule has 4 N–H and O–H groups in total. The number of aliphatic hydroxyl groups is 1. The van der Waals surface area contributed by atoms with Crippen molar-refractivity contribution in [2.45, 2.75) is 25.3 Å². The van der Waals surface area contributed by atoms with Crippen LogP contribution in [-0.2, 0) is 6.42 Å². The Morgan fingerprint density at radius 3 is 2.58 bits per heavy atom. The molecule has 1 aliphatic heterocycles. The molecule has 0 aromatic heterocycles. The third kappa shape index (κ3) is 4.72. The van der Waals surface area contributed by atoms with E-state index in [4.69, 9.17) is 15.6 Å². The lowest BCUT2D eigenvalue weighted by Gasteiger charge is -2.31. The number of hydrogen-bond donors (Lipinski definition) is 3. The first-order valence-electron chi connectivity index (χ1n) is 12.4. The first-order valence-corrected chi connectivity index (χ1v) is 12.4. The van der Waals surface area contributed by atoms with Crippen LogP contribution in [0.25, 0.3) is 22.3 Å². The molecule has 5 rings (SSSR count). The Morgan fingerprint density at radius 2 is 1.86 bits per heavy atom. The number of carbonyl (C=O) groups is 2. The van der Waals surface area contributed by atoms with Gasteiger partial charge in [0.1, 0.15) is 5.75 Å². The Balaban J connectivity index is 1.40. The average molecular weight is 486 g/mol. The molecule has 1 saturated heterocycles. The predicted octanol–water partition coefficient (Wildman–Crippen LogP) is 3.22. The van der Waals surface area contributed by atoms with Crippen molar-refractivity contribution in [1.29, 1.82) is 0 Å². The summed E-state index contributed by atoms with van der Waals surface area (Å²) in [5.41, 5.74) is 12.7. The van der Waals surface area contributed by atoms with E-state index in [0.29, 0.717) is 24.1 Å². The number of piperidine rings is 1. The lowest BCUT2D eigenvalue weighted by Crippen LogP contribution is -2.45. The van der Waals surface area contributed by atoms with Gasteiger partial charge >= 0.3 is 0 Å². The van der Waals surface area contributed by atoms with Gasteiger partial charge in [0.25, 0.3) is 5.91 Å². The number of carbonyl (C=O) groups excluding carboxylic acids is 2. The fourth-order valence-corrected chi connectivity index (χ4v) is 5.34. The van der Waals surface area contributed by atoms with Crippen LogP contribution in [0.5, 0.6) is 5.75 Å². The first kappa shape index (κ1) is 24.0. The summed E-state index contributed by atoms with van der Waals surface area (Å²) in [5.74, 6) is 0.194.